The molecule has 2 aromatic heterocycles. The fraction of sp³-hybridized carbons (Fsp3) is 0.214. The number of carbonyl (C=O) groups is 2. The fourth-order valence-electron chi connectivity index (χ4n) is 1.80. The van der Waals surface area contributed by atoms with Crippen LogP contribution in [0.1, 0.15) is 27.7 Å². The van der Waals surface area contributed by atoms with Crippen LogP contribution in [0.3, 0.4) is 0 Å². The number of hydrogen-bond acceptors (Lipinski definition) is 5. The van der Waals surface area contributed by atoms with Crippen LogP contribution >= 0.6 is 11.3 Å². The predicted octanol–water partition coefficient (Wildman–Crippen LogP) is 1.47. The van der Waals surface area contributed by atoms with Gasteiger partial charge in [-0.05, 0) is 23.6 Å². The van der Waals surface area contributed by atoms with E-state index in [1.807, 2.05) is 17.5 Å². The highest BCUT2D eigenvalue weighted by Gasteiger charge is 2.21. The number of ether oxygens (including phenoxy) is 1. The van der Waals surface area contributed by atoms with Gasteiger partial charge in [0.05, 0.1) is 19.6 Å². The first-order chi connectivity index (χ1) is 10.1. The normalized spacial score (nSPS) is 11.7. The van der Waals surface area contributed by atoms with Gasteiger partial charge in [0.15, 0.2) is 0 Å². The summed E-state index contributed by atoms with van der Waals surface area (Å²) in [5, 5.41) is 4.54. The lowest BCUT2D eigenvalue weighted by molar-refractivity contribution is -0.141. The zero-order valence-electron chi connectivity index (χ0n) is 11.3. The molecule has 0 saturated carbocycles. The van der Waals surface area contributed by atoms with E-state index in [0.717, 1.165) is 4.88 Å². The molecule has 1 atom stereocenters. The van der Waals surface area contributed by atoms with E-state index in [4.69, 9.17) is 0 Å². The molecule has 2 rings (SSSR count). The van der Waals surface area contributed by atoms with E-state index in [0.29, 0.717) is 0 Å². The van der Waals surface area contributed by atoms with Crippen LogP contribution in [-0.4, -0.2) is 24.0 Å². The molecule has 0 saturated heterocycles. The number of aromatic nitrogens is 1. The zero-order valence-corrected chi connectivity index (χ0v) is 12.1. The van der Waals surface area contributed by atoms with E-state index >= 15 is 0 Å². The van der Waals surface area contributed by atoms with Gasteiger partial charge >= 0.3 is 5.97 Å². The molecule has 0 bridgehead atoms. The second-order valence-electron chi connectivity index (χ2n) is 4.23. The molecule has 0 unspecified atom stereocenters. The standard InChI is InChI=1S/C14H14N2O4S/c1-20-12(17)8-10(11-5-3-7-21-11)16-14(19)9-4-2-6-15-13(9)18/h2-7,10H,8H2,1H3,(H,15,18)(H,16,19)/t10-/m1/s1. The number of H-pyrrole nitrogens is 1. The number of thiophene rings is 1. The van der Waals surface area contributed by atoms with E-state index in [9.17, 15) is 14.4 Å². The van der Waals surface area contributed by atoms with Crippen molar-refractivity contribution in [3.05, 3.63) is 56.6 Å². The lowest BCUT2D eigenvalue weighted by atomic mass is 10.1. The number of amides is 1. The number of esters is 1. The van der Waals surface area contributed by atoms with Crippen LogP contribution in [0.5, 0.6) is 0 Å². The molecule has 6 nitrogen and oxygen atoms in total. The fourth-order valence-corrected chi connectivity index (χ4v) is 2.58. The van der Waals surface area contributed by atoms with Crippen molar-refractivity contribution in [1.82, 2.24) is 10.3 Å². The Morgan fingerprint density at radius 1 is 1.38 bits per heavy atom. The average molecular weight is 306 g/mol. The molecule has 110 valence electrons. The van der Waals surface area contributed by atoms with Crippen LogP contribution < -0.4 is 10.9 Å². The van der Waals surface area contributed by atoms with E-state index in [1.54, 1.807) is 6.07 Å². The second kappa shape index (κ2) is 6.85. The van der Waals surface area contributed by atoms with Crippen LogP contribution in [0, 0.1) is 0 Å². The SMILES string of the molecule is COC(=O)C[C@@H](NC(=O)c1ccc[nH]c1=O)c1cccs1. The van der Waals surface area contributed by atoms with Crippen molar-refractivity contribution in [1.29, 1.82) is 0 Å². The molecule has 0 aliphatic rings. The summed E-state index contributed by atoms with van der Waals surface area (Å²) in [6.07, 6.45) is 1.46. The highest BCUT2D eigenvalue weighted by Crippen LogP contribution is 2.22. The van der Waals surface area contributed by atoms with Crippen molar-refractivity contribution in [3.8, 4) is 0 Å². The Balaban J connectivity index is 2.19. The highest BCUT2D eigenvalue weighted by molar-refractivity contribution is 7.10. The van der Waals surface area contributed by atoms with Crippen LogP contribution in [0.25, 0.3) is 0 Å². The average Bonchev–Trinajstić information content (AvgIpc) is 3.01. The predicted molar refractivity (Wildman–Crippen MR) is 78.2 cm³/mol. The lowest BCUT2D eigenvalue weighted by Gasteiger charge is -2.16. The summed E-state index contributed by atoms with van der Waals surface area (Å²) in [5.74, 6) is -0.963. The summed E-state index contributed by atoms with van der Waals surface area (Å²) >= 11 is 1.42. The Bertz CT molecular complexity index is 678. The van der Waals surface area contributed by atoms with Gasteiger partial charge in [0, 0.05) is 11.1 Å². The van der Waals surface area contributed by atoms with Crippen molar-refractivity contribution >= 4 is 23.2 Å². The summed E-state index contributed by atoms with van der Waals surface area (Å²) in [5.41, 5.74) is -0.470. The van der Waals surface area contributed by atoms with Gasteiger partial charge in [-0.25, -0.2) is 0 Å². The summed E-state index contributed by atoms with van der Waals surface area (Å²) in [7, 11) is 1.29. The molecular formula is C14H14N2O4S. The first-order valence-corrected chi connectivity index (χ1v) is 7.08. The third-order valence-electron chi connectivity index (χ3n) is 2.85. The van der Waals surface area contributed by atoms with Crippen molar-refractivity contribution < 1.29 is 14.3 Å². The van der Waals surface area contributed by atoms with Gasteiger partial charge in [0.2, 0.25) is 0 Å². The zero-order chi connectivity index (χ0) is 15.2. The van der Waals surface area contributed by atoms with Gasteiger partial charge in [-0.15, -0.1) is 11.3 Å². The van der Waals surface area contributed by atoms with Gasteiger partial charge in [-0.3, -0.25) is 14.4 Å². The number of rotatable bonds is 5. The van der Waals surface area contributed by atoms with Gasteiger partial charge in [0.1, 0.15) is 5.56 Å². The Morgan fingerprint density at radius 3 is 2.81 bits per heavy atom. The maximum absolute atomic E-state index is 12.2. The molecule has 0 aliphatic heterocycles. The summed E-state index contributed by atoms with van der Waals surface area (Å²) in [4.78, 5) is 38.5. The molecule has 0 spiro atoms. The van der Waals surface area contributed by atoms with Crippen molar-refractivity contribution in [2.45, 2.75) is 12.5 Å². The van der Waals surface area contributed by atoms with Crippen molar-refractivity contribution in [3.63, 3.8) is 0 Å². The Hall–Kier alpha value is -2.41. The minimum Gasteiger partial charge on any atom is -0.469 e. The first kappa shape index (κ1) is 15.0. The third kappa shape index (κ3) is 3.79. The van der Waals surface area contributed by atoms with Crippen molar-refractivity contribution in [2.75, 3.05) is 7.11 Å². The molecule has 21 heavy (non-hydrogen) atoms. The molecule has 0 fully saturated rings. The van der Waals surface area contributed by atoms with Gasteiger partial charge < -0.3 is 15.0 Å². The first-order valence-electron chi connectivity index (χ1n) is 6.20. The molecule has 2 heterocycles. The number of nitrogens with one attached hydrogen (secondary N) is 2. The van der Waals surface area contributed by atoms with Crippen LogP contribution in [0.2, 0.25) is 0 Å². The van der Waals surface area contributed by atoms with Crippen LogP contribution in [0.4, 0.5) is 0 Å². The number of aromatic amines is 1. The molecular weight excluding hydrogens is 292 g/mol. The maximum atomic E-state index is 12.2. The molecule has 0 aliphatic carbocycles. The van der Waals surface area contributed by atoms with E-state index in [-0.39, 0.29) is 12.0 Å². The minimum atomic E-state index is -0.529. The van der Waals surface area contributed by atoms with Gasteiger partial charge in [-0.1, -0.05) is 6.07 Å². The molecule has 1 amide bonds. The highest BCUT2D eigenvalue weighted by atomic mass is 32.1. The number of pyridine rings is 1. The Labute approximate surface area is 124 Å². The van der Waals surface area contributed by atoms with E-state index in [2.05, 4.69) is 15.0 Å². The number of methoxy groups -OCH3 is 1. The molecule has 2 aromatic rings. The largest absolute Gasteiger partial charge is 0.469 e. The number of hydrogen-bond donors (Lipinski definition) is 2. The topological polar surface area (TPSA) is 88.3 Å². The smallest absolute Gasteiger partial charge is 0.307 e. The quantitative estimate of drug-likeness (QED) is 0.819. The Kier molecular flexibility index (Phi) is 4.89. The van der Waals surface area contributed by atoms with Crippen LogP contribution in [0.15, 0.2) is 40.6 Å². The molecule has 0 radical (unpaired) electrons. The molecule has 7 heteroatoms. The summed E-state index contributed by atoms with van der Waals surface area (Å²) in [6.45, 7) is 0. The third-order valence-corrected chi connectivity index (χ3v) is 3.84. The van der Waals surface area contributed by atoms with Crippen molar-refractivity contribution in [2.24, 2.45) is 0 Å². The molecule has 0 aromatic carbocycles. The minimum absolute atomic E-state index is 0.00363. The lowest BCUT2D eigenvalue weighted by Crippen LogP contribution is -2.33. The maximum Gasteiger partial charge on any atom is 0.307 e. The Morgan fingerprint density at radius 2 is 2.19 bits per heavy atom. The second-order valence-corrected chi connectivity index (χ2v) is 5.21. The van der Waals surface area contributed by atoms with Crippen LogP contribution in [-0.2, 0) is 9.53 Å². The summed E-state index contributed by atoms with van der Waals surface area (Å²) < 4.78 is 4.64. The number of carbonyl (C=O) groups excluding carboxylic acids is 2. The summed E-state index contributed by atoms with van der Waals surface area (Å²) in [6, 6.07) is 6.11. The molecule has 2 N–H and O–H groups in total. The van der Waals surface area contributed by atoms with E-state index in [1.165, 1.54) is 30.7 Å². The van der Waals surface area contributed by atoms with Gasteiger partial charge in [0.25, 0.3) is 11.5 Å². The van der Waals surface area contributed by atoms with Gasteiger partial charge in [-0.2, -0.15) is 0 Å². The monoisotopic (exact) mass is 306 g/mol. The van der Waals surface area contributed by atoms with E-state index < -0.39 is 23.5 Å².